The van der Waals surface area contributed by atoms with Gasteiger partial charge >= 0.3 is 0 Å². The highest BCUT2D eigenvalue weighted by atomic mass is 19.1. The second-order valence-electron chi connectivity index (χ2n) is 5.69. The molecule has 2 N–H and O–H groups in total. The molecule has 0 aliphatic carbocycles. The number of rotatable bonds is 5. The van der Waals surface area contributed by atoms with Crippen LogP contribution in [-0.2, 0) is 0 Å². The average molecular weight is 351 g/mol. The van der Waals surface area contributed by atoms with E-state index in [9.17, 15) is 9.18 Å². The summed E-state index contributed by atoms with van der Waals surface area (Å²) in [5, 5.41) is 5.80. The number of anilines is 3. The smallest absolute Gasteiger partial charge is 0.259 e. The first-order valence-corrected chi connectivity index (χ1v) is 8.00. The van der Waals surface area contributed by atoms with Gasteiger partial charge in [0.15, 0.2) is 0 Å². The van der Waals surface area contributed by atoms with Crippen molar-refractivity contribution in [1.29, 1.82) is 0 Å². The highest BCUT2D eigenvalue weighted by Crippen LogP contribution is 2.28. The predicted molar refractivity (Wildman–Crippen MR) is 99.6 cm³/mol. The summed E-state index contributed by atoms with van der Waals surface area (Å²) in [7, 11) is 1.61. The summed E-state index contributed by atoms with van der Waals surface area (Å²) in [6.45, 7) is 1.99. The molecule has 0 radical (unpaired) electrons. The van der Waals surface area contributed by atoms with Gasteiger partial charge in [-0.15, -0.1) is 0 Å². The zero-order valence-corrected chi connectivity index (χ0v) is 14.4. The standard InChI is InChI=1S/C20H18FN3O2/c1-13-7-9-18(26-2)17(11-13)23-14-8-10-19(22-12-14)24-20(25)15-5-3-4-6-16(15)21/h3-12,23H,1-2H3,(H,22,24,25). The fraction of sp³-hybridized carbons (Fsp3) is 0.100. The highest BCUT2D eigenvalue weighted by molar-refractivity contribution is 6.03. The first-order chi connectivity index (χ1) is 12.6. The number of pyridine rings is 1. The summed E-state index contributed by atoms with van der Waals surface area (Å²) in [6.07, 6.45) is 1.58. The SMILES string of the molecule is COc1ccc(C)cc1Nc1ccc(NC(=O)c2ccccc2F)nc1. The minimum absolute atomic E-state index is 0.0269. The molecule has 0 saturated heterocycles. The Morgan fingerprint density at radius 1 is 1.12 bits per heavy atom. The Morgan fingerprint density at radius 3 is 2.62 bits per heavy atom. The molecule has 3 rings (SSSR count). The van der Waals surface area contributed by atoms with E-state index in [4.69, 9.17) is 4.74 Å². The maximum Gasteiger partial charge on any atom is 0.259 e. The molecule has 0 aliphatic rings. The van der Waals surface area contributed by atoms with Gasteiger partial charge in [-0.05, 0) is 48.9 Å². The molecule has 3 aromatic rings. The van der Waals surface area contributed by atoms with Crippen molar-refractivity contribution >= 4 is 23.1 Å². The number of hydrogen-bond donors (Lipinski definition) is 2. The maximum atomic E-state index is 13.7. The van der Waals surface area contributed by atoms with Gasteiger partial charge in [0.1, 0.15) is 17.4 Å². The van der Waals surface area contributed by atoms with Crippen LogP contribution in [0.1, 0.15) is 15.9 Å². The van der Waals surface area contributed by atoms with Gasteiger partial charge in [-0.2, -0.15) is 0 Å². The summed E-state index contributed by atoms with van der Waals surface area (Å²) in [5.41, 5.74) is 2.62. The Hall–Kier alpha value is -3.41. The Morgan fingerprint density at radius 2 is 1.92 bits per heavy atom. The van der Waals surface area contributed by atoms with Crippen LogP contribution in [-0.4, -0.2) is 18.0 Å². The number of carbonyl (C=O) groups excluding carboxylic acids is 1. The summed E-state index contributed by atoms with van der Waals surface area (Å²) in [4.78, 5) is 16.3. The van der Waals surface area contributed by atoms with Crippen LogP contribution in [0.4, 0.5) is 21.6 Å². The van der Waals surface area contributed by atoms with Gasteiger partial charge in [-0.3, -0.25) is 4.79 Å². The Labute approximate surface area is 150 Å². The first-order valence-electron chi connectivity index (χ1n) is 8.00. The molecule has 0 saturated carbocycles. The van der Waals surface area contributed by atoms with Crippen LogP contribution in [0.3, 0.4) is 0 Å². The molecule has 1 aromatic heterocycles. The predicted octanol–water partition coefficient (Wildman–Crippen LogP) is 4.53. The van der Waals surface area contributed by atoms with Crippen molar-refractivity contribution in [2.45, 2.75) is 6.92 Å². The number of nitrogens with one attached hydrogen (secondary N) is 2. The molecule has 1 heterocycles. The van der Waals surface area contributed by atoms with E-state index in [1.807, 2.05) is 25.1 Å². The zero-order chi connectivity index (χ0) is 18.5. The van der Waals surface area contributed by atoms with Crippen LogP contribution < -0.4 is 15.4 Å². The third-order valence-corrected chi connectivity index (χ3v) is 3.76. The quantitative estimate of drug-likeness (QED) is 0.709. The fourth-order valence-corrected chi connectivity index (χ4v) is 2.45. The number of aryl methyl sites for hydroxylation is 1. The zero-order valence-electron chi connectivity index (χ0n) is 14.4. The lowest BCUT2D eigenvalue weighted by molar-refractivity contribution is 0.102. The van der Waals surface area contributed by atoms with Crippen molar-refractivity contribution in [1.82, 2.24) is 4.98 Å². The number of amides is 1. The third-order valence-electron chi connectivity index (χ3n) is 3.76. The van der Waals surface area contributed by atoms with Gasteiger partial charge in [0, 0.05) is 0 Å². The Balaban J connectivity index is 1.72. The van der Waals surface area contributed by atoms with E-state index in [0.717, 1.165) is 16.9 Å². The fourth-order valence-electron chi connectivity index (χ4n) is 2.45. The van der Waals surface area contributed by atoms with Crippen molar-refractivity contribution in [2.75, 3.05) is 17.7 Å². The maximum absolute atomic E-state index is 13.7. The van der Waals surface area contributed by atoms with Gasteiger partial charge in [-0.25, -0.2) is 9.37 Å². The minimum atomic E-state index is -0.574. The van der Waals surface area contributed by atoms with Gasteiger partial charge in [0.25, 0.3) is 5.91 Å². The average Bonchev–Trinajstić information content (AvgIpc) is 2.64. The van der Waals surface area contributed by atoms with Gasteiger partial charge in [-0.1, -0.05) is 18.2 Å². The summed E-state index contributed by atoms with van der Waals surface area (Å²) < 4.78 is 19.0. The molecule has 0 aliphatic heterocycles. The van der Waals surface area contributed by atoms with Crippen molar-refractivity contribution < 1.29 is 13.9 Å². The number of methoxy groups -OCH3 is 1. The van der Waals surface area contributed by atoms with Crippen LogP contribution in [0.2, 0.25) is 0 Å². The summed E-state index contributed by atoms with van der Waals surface area (Å²) in [6, 6.07) is 15.0. The van der Waals surface area contributed by atoms with E-state index >= 15 is 0 Å². The molecular weight excluding hydrogens is 333 g/mol. The van der Waals surface area contributed by atoms with Gasteiger partial charge in [0.2, 0.25) is 0 Å². The van der Waals surface area contributed by atoms with E-state index in [-0.39, 0.29) is 5.56 Å². The second-order valence-corrected chi connectivity index (χ2v) is 5.69. The number of halogens is 1. The second kappa shape index (κ2) is 7.65. The lowest BCUT2D eigenvalue weighted by Gasteiger charge is -2.12. The number of hydrogen-bond acceptors (Lipinski definition) is 4. The van der Waals surface area contributed by atoms with Crippen LogP contribution in [0.5, 0.6) is 5.75 Å². The molecule has 0 unspecified atom stereocenters. The first kappa shape index (κ1) is 17.4. The summed E-state index contributed by atoms with van der Waals surface area (Å²) >= 11 is 0. The number of ether oxygens (including phenoxy) is 1. The number of aromatic nitrogens is 1. The lowest BCUT2D eigenvalue weighted by atomic mass is 10.2. The molecule has 0 atom stereocenters. The van der Waals surface area contributed by atoms with Crippen molar-refractivity contribution in [3.8, 4) is 5.75 Å². The largest absolute Gasteiger partial charge is 0.495 e. The van der Waals surface area contributed by atoms with Crippen LogP contribution in [0, 0.1) is 12.7 Å². The van der Waals surface area contributed by atoms with E-state index in [1.165, 1.54) is 18.2 Å². The highest BCUT2D eigenvalue weighted by Gasteiger charge is 2.11. The summed E-state index contributed by atoms with van der Waals surface area (Å²) in [5.74, 6) is -0.0703. The van der Waals surface area contributed by atoms with Gasteiger partial charge in [0.05, 0.1) is 30.2 Å². The topological polar surface area (TPSA) is 63.2 Å². The molecule has 26 heavy (non-hydrogen) atoms. The Bertz CT molecular complexity index is 927. The van der Waals surface area contributed by atoms with Crippen LogP contribution in [0.25, 0.3) is 0 Å². The lowest BCUT2D eigenvalue weighted by Crippen LogP contribution is -2.14. The molecule has 2 aromatic carbocycles. The van der Waals surface area contributed by atoms with E-state index in [1.54, 1.807) is 31.5 Å². The van der Waals surface area contributed by atoms with Crippen molar-refractivity contribution in [3.05, 3.63) is 77.7 Å². The van der Waals surface area contributed by atoms with Gasteiger partial charge < -0.3 is 15.4 Å². The molecule has 0 bridgehead atoms. The molecule has 0 fully saturated rings. The number of carbonyl (C=O) groups is 1. The number of nitrogens with zero attached hydrogens (tertiary/aromatic N) is 1. The molecule has 132 valence electrons. The number of benzene rings is 2. The Kier molecular flexibility index (Phi) is 5.12. The normalized spacial score (nSPS) is 10.3. The van der Waals surface area contributed by atoms with Crippen LogP contribution >= 0.6 is 0 Å². The molecular formula is C20H18FN3O2. The van der Waals surface area contributed by atoms with Crippen molar-refractivity contribution in [2.24, 2.45) is 0 Å². The monoisotopic (exact) mass is 351 g/mol. The third kappa shape index (κ3) is 3.97. The molecule has 5 nitrogen and oxygen atoms in total. The van der Waals surface area contributed by atoms with E-state index in [0.29, 0.717) is 11.6 Å². The van der Waals surface area contributed by atoms with Crippen molar-refractivity contribution in [3.63, 3.8) is 0 Å². The molecule has 6 heteroatoms. The minimum Gasteiger partial charge on any atom is -0.495 e. The van der Waals surface area contributed by atoms with E-state index < -0.39 is 11.7 Å². The molecule has 0 spiro atoms. The van der Waals surface area contributed by atoms with E-state index in [2.05, 4.69) is 15.6 Å². The van der Waals surface area contributed by atoms with Crippen LogP contribution in [0.15, 0.2) is 60.8 Å². The molecule has 1 amide bonds.